The fraction of sp³-hybridized carbons (Fsp3) is 0.357. The summed E-state index contributed by atoms with van der Waals surface area (Å²) in [6.45, 7) is 3.79. The average molecular weight is 571 g/mol. The van der Waals surface area contributed by atoms with E-state index in [1.807, 2.05) is 0 Å². The molecule has 0 radical (unpaired) electrons. The Morgan fingerprint density at radius 1 is 0.732 bits per heavy atom. The zero-order valence-electron chi connectivity index (χ0n) is 22.4. The third-order valence-electron chi connectivity index (χ3n) is 6.21. The van der Waals surface area contributed by atoms with Gasteiger partial charge >= 0.3 is 23.9 Å². The van der Waals surface area contributed by atoms with Crippen LogP contribution in [0.25, 0.3) is 0 Å². The third-order valence-corrected chi connectivity index (χ3v) is 6.21. The van der Waals surface area contributed by atoms with Gasteiger partial charge in [-0.15, -0.1) is 0 Å². The summed E-state index contributed by atoms with van der Waals surface area (Å²) < 4.78 is 32.9. The van der Waals surface area contributed by atoms with Crippen molar-refractivity contribution in [2.75, 3.05) is 6.61 Å². The molecule has 0 aromatic heterocycles. The van der Waals surface area contributed by atoms with Gasteiger partial charge < -0.3 is 33.5 Å². The van der Waals surface area contributed by atoms with Gasteiger partial charge in [0.15, 0.2) is 35.3 Å². The van der Waals surface area contributed by atoms with Crippen LogP contribution in [0.1, 0.15) is 59.5 Å². The lowest BCUT2D eigenvalue weighted by molar-refractivity contribution is -0.288. The molecule has 0 amide bonds. The summed E-state index contributed by atoms with van der Waals surface area (Å²) in [5, 5.41) is 10.8. The number of benzene rings is 2. The van der Waals surface area contributed by atoms with E-state index in [1.165, 1.54) is 18.2 Å². The quantitative estimate of drug-likeness (QED) is 0.320. The van der Waals surface area contributed by atoms with E-state index in [4.69, 9.17) is 28.4 Å². The van der Waals surface area contributed by atoms with Crippen LogP contribution in [0.15, 0.2) is 36.4 Å². The number of carbonyl (C=O) groups is 6. The van der Waals surface area contributed by atoms with E-state index >= 15 is 0 Å². The van der Waals surface area contributed by atoms with Crippen LogP contribution in [0.3, 0.4) is 0 Å². The highest BCUT2D eigenvalue weighted by molar-refractivity contribution is 6.29. The molecular formula is C28H26O13. The lowest BCUT2D eigenvalue weighted by Gasteiger charge is -2.44. The topological polar surface area (TPSA) is 178 Å². The number of aromatic hydroxyl groups is 1. The van der Waals surface area contributed by atoms with Gasteiger partial charge in [-0.25, -0.2) is 0 Å². The Morgan fingerprint density at radius 3 is 1.88 bits per heavy atom. The maximum Gasteiger partial charge on any atom is 0.303 e. The molecule has 2 aromatic rings. The normalized spacial score (nSPS) is 23.0. The number of hydrogen-bond acceptors (Lipinski definition) is 13. The summed E-state index contributed by atoms with van der Waals surface area (Å²) >= 11 is 0. The monoisotopic (exact) mass is 570 g/mol. The van der Waals surface area contributed by atoms with E-state index in [0.717, 1.165) is 33.8 Å². The van der Waals surface area contributed by atoms with Crippen molar-refractivity contribution in [2.45, 2.75) is 58.4 Å². The van der Waals surface area contributed by atoms with E-state index < -0.39 is 84.3 Å². The Bertz CT molecular complexity index is 1430. The molecule has 5 atom stereocenters. The molecule has 0 spiro atoms. The molecular weight excluding hydrogens is 544 g/mol. The summed E-state index contributed by atoms with van der Waals surface area (Å²) in [6, 6.07) is 8.51. The van der Waals surface area contributed by atoms with E-state index in [2.05, 4.69) is 0 Å². The molecule has 0 saturated carbocycles. The van der Waals surface area contributed by atoms with E-state index in [9.17, 15) is 33.9 Å². The van der Waals surface area contributed by atoms with Crippen molar-refractivity contribution < 1.29 is 62.3 Å². The fourth-order valence-corrected chi connectivity index (χ4v) is 4.66. The predicted molar refractivity (Wildman–Crippen MR) is 134 cm³/mol. The standard InChI is InChI=1S/C28H26O13/c1-12(29)36-11-20-25(37-13(2)30)26(38-14(3)31)27(39-15(4)32)28(40-20)41-24-19(33)10-9-18-21(24)23(35)17-8-6-5-7-16(17)22(18)34/h5-10,20,25-28,33H,11H2,1-4H3/t20-,25-,26+,27-,28?/m1/s1. The minimum Gasteiger partial charge on any atom is -0.504 e. The summed E-state index contributed by atoms with van der Waals surface area (Å²) in [5.41, 5.74) is -0.107. The van der Waals surface area contributed by atoms with Crippen molar-refractivity contribution >= 4 is 35.4 Å². The molecule has 2 aromatic carbocycles. The van der Waals surface area contributed by atoms with Crippen LogP contribution >= 0.6 is 0 Å². The zero-order valence-corrected chi connectivity index (χ0v) is 22.4. The predicted octanol–water partition coefficient (Wildman–Crippen LogP) is 1.63. The number of ether oxygens (including phenoxy) is 6. The van der Waals surface area contributed by atoms with E-state index in [-0.39, 0.29) is 22.3 Å². The van der Waals surface area contributed by atoms with E-state index in [0.29, 0.717) is 0 Å². The Balaban J connectivity index is 1.82. The van der Waals surface area contributed by atoms with Crippen LogP contribution < -0.4 is 4.74 Å². The van der Waals surface area contributed by atoms with Gasteiger partial charge in [0.25, 0.3) is 0 Å². The molecule has 2 aliphatic rings. The number of phenols is 1. The SMILES string of the molecule is CC(=O)OC[C@H]1OC(Oc2c(O)ccc3c2C(=O)c2ccccc2C3=O)[C@H](OC(C)=O)[C@@H](OC(C)=O)[C@@H]1OC(C)=O. The molecule has 1 unspecified atom stereocenters. The van der Waals surface area contributed by atoms with Crippen LogP contribution in [0.5, 0.6) is 11.5 Å². The highest BCUT2D eigenvalue weighted by atomic mass is 16.7. The van der Waals surface area contributed by atoms with Crippen LogP contribution in [0, 0.1) is 0 Å². The molecule has 13 heteroatoms. The molecule has 1 fully saturated rings. The van der Waals surface area contributed by atoms with Gasteiger partial charge in [-0.2, -0.15) is 0 Å². The zero-order chi connectivity index (χ0) is 30.0. The lowest BCUT2D eigenvalue weighted by atomic mass is 9.83. The second kappa shape index (κ2) is 11.8. The van der Waals surface area contributed by atoms with Gasteiger partial charge in [-0.1, -0.05) is 24.3 Å². The molecule has 1 N–H and O–H groups in total. The van der Waals surface area contributed by atoms with Crippen molar-refractivity contribution in [1.82, 2.24) is 0 Å². The maximum atomic E-state index is 13.5. The van der Waals surface area contributed by atoms with Gasteiger partial charge in [-0.05, 0) is 12.1 Å². The minimum atomic E-state index is -1.73. The Labute approximate surface area is 233 Å². The van der Waals surface area contributed by atoms with E-state index in [1.54, 1.807) is 12.1 Å². The number of fused-ring (bicyclic) bond motifs is 2. The number of rotatable bonds is 7. The second-order valence-corrected chi connectivity index (χ2v) is 9.23. The molecule has 216 valence electrons. The van der Waals surface area contributed by atoms with Crippen LogP contribution in [0.4, 0.5) is 0 Å². The highest BCUT2D eigenvalue weighted by Crippen LogP contribution is 2.41. The maximum absolute atomic E-state index is 13.5. The average Bonchev–Trinajstić information content (AvgIpc) is 2.89. The van der Waals surface area contributed by atoms with Crippen molar-refractivity contribution in [3.63, 3.8) is 0 Å². The summed E-state index contributed by atoms with van der Waals surface area (Å²) in [4.78, 5) is 74.3. The molecule has 1 heterocycles. The van der Waals surface area contributed by atoms with Crippen molar-refractivity contribution in [3.05, 3.63) is 58.7 Å². The van der Waals surface area contributed by atoms with Crippen molar-refractivity contribution in [2.24, 2.45) is 0 Å². The molecule has 0 bridgehead atoms. The Morgan fingerprint density at radius 2 is 1.29 bits per heavy atom. The smallest absolute Gasteiger partial charge is 0.303 e. The van der Waals surface area contributed by atoms with Crippen LogP contribution in [0.2, 0.25) is 0 Å². The molecule has 1 aliphatic carbocycles. The minimum absolute atomic E-state index is 0.0628. The van der Waals surface area contributed by atoms with Gasteiger partial charge in [0.2, 0.25) is 12.4 Å². The lowest BCUT2D eigenvalue weighted by Crippen LogP contribution is -2.63. The first-order valence-corrected chi connectivity index (χ1v) is 12.4. The summed E-state index contributed by atoms with van der Waals surface area (Å²) in [6.07, 6.45) is -7.66. The molecule has 41 heavy (non-hydrogen) atoms. The van der Waals surface area contributed by atoms with Gasteiger partial charge in [0.05, 0.1) is 5.56 Å². The number of carbonyl (C=O) groups excluding carboxylic acids is 6. The molecule has 4 rings (SSSR count). The Kier molecular flexibility index (Phi) is 8.38. The molecule has 1 aliphatic heterocycles. The van der Waals surface area contributed by atoms with Crippen LogP contribution in [-0.4, -0.2) is 77.9 Å². The van der Waals surface area contributed by atoms with Gasteiger partial charge in [-0.3, -0.25) is 28.8 Å². The first-order chi connectivity index (χ1) is 19.4. The number of esters is 4. The first kappa shape index (κ1) is 29.2. The molecule has 1 saturated heterocycles. The van der Waals surface area contributed by atoms with Crippen LogP contribution in [-0.2, 0) is 42.9 Å². The Hall–Kier alpha value is -4.78. The fourth-order valence-electron chi connectivity index (χ4n) is 4.66. The summed E-state index contributed by atoms with van der Waals surface area (Å²) in [7, 11) is 0. The number of phenolic OH excluding ortho intramolecular Hbond substituents is 1. The number of ketones is 2. The van der Waals surface area contributed by atoms with Gasteiger partial charge in [0.1, 0.15) is 12.7 Å². The largest absolute Gasteiger partial charge is 0.504 e. The first-order valence-electron chi connectivity index (χ1n) is 12.4. The second-order valence-electron chi connectivity index (χ2n) is 9.23. The molecule has 13 nitrogen and oxygen atoms in total. The third kappa shape index (κ3) is 6.04. The van der Waals surface area contributed by atoms with Gasteiger partial charge in [0, 0.05) is 44.4 Å². The number of hydrogen-bond donors (Lipinski definition) is 1. The van der Waals surface area contributed by atoms with Crippen molar-refractivity contribution in [1.29, 1.82) is 0 Å². The van der Waals surface area contributed by atoms with Crippen molar-refractivity contribution in [3.8, 4) is 11.5 Å². The highest BCUT2D eigenvalue weighted by Gasteiger charge is 2.54. The summed E-state index contributed by atoms with van der Waals surface area (Å²) in [5.74, 6) is -5.42.